The molecule has 126 valence electrons. The van der Waals surface area contributed by atoms with Gasteiger partial charge in [-0.15, -0.1) is 0 Å². The Labute approximate surface area is 136 Å². The molecule has 0 aliphatic carbocycles. The first-order chi connectivity index (χ1) is 11.0. The fourth-order valence-electron chi connectivity index (χ4n) is 2.59. The summed E-state index contributed by atoms with van der Waals surface area (Å²) in [5, 5.41) is 2.94. The van der Waals surface area contributed by atoms with Crippen LogP contribution in [0.5, 0.6) is 11.5 Å². The highest BCUT2D eigenvalue weighted by Crippen LogP contribution is 2.36. The highest BCUT2D eigenvalue weighted by atomic mass is 16.5. The van der Waals surface area contributed by atoms with Crippen LogP contribution in [0.25, 0.3) is 0 Å². The minimum absolute atomic E-state index is 0.0722. The summed E-state index contributed by atoms with van der Waals surface area (Å²) in [6.45, 7) is 4.32. The van der Waals surface area contributed by atoms with Crippen LogP contribution in [0.2, 0.25) is 0 Å². The zero-order valence-corrected chi connectivity index (χ0v) is 14.1. The van der Waals surface area contributed by atoms with Gasteiger partial charge in [-0.25, -0.2) is 0 Å². The topological polar surface area (TPSA) is 67.9 Å². The number of benzene rings is 1. The van der Waals surface area contributed by atoms with Crippen molar-refractivity contribution in [1.82, 2.24) is 5.32 Å². The standard InChI is InChI=1S/C17H24N2O4/c1-5-11(2)18-17(21)12-8-16(20)19(10-12)14-9-13(22-3)6-7-15(14)23-4/h6-7,9,11-12H,5,8,10H2,1-4H3,(H,18,21). The molecule has 2 atom stereocenters. The molecule has 0 spiro atoms. The molecule has 1 aliphatic heterocycles. The molecule has 6 heteroatoms. The molecule has 23 heavy (non-hydrogen) atoms. The van der Waals surface area contributed by atoms with E-state index in [1.807, 2.05) is 13.8 Å². The van der Waals surface area contributed by atoms with Crippen LogP contribution in [0.15, 0.2) is 18.2 Å². The highest BCUT2D eigenvalue weighted by molar-refractivity contribution is 6.01. The Balaban J connectivity index is 2.19. The Morgan fingerprint density at radius 2 is 2.13 bits per heavy atom. The fourth-order valence-corrected chi connectivity index (χ4v) is 2.59. The smallest absolute Gasteiger partial charge is 0.227 e. The summed E-state index contributed by atoms with van der Waals surface area (Å²) >= 11 is 0. The van der Waals surface area contributed by atoms with E-state index < -0.39 is 0 Å². The number of rotatable bonds is 6. The van der Waals surface area contributed by atoms with E-state index in [4.69, 9.17) is 9.47 Å². The average Bonchev–Trinajstić information content (AvgIpc) is 2.95. The zero-order valence-electron chi connectivity index (χ0n) is 14.1. The van der Waals surface area contributed by atoms with Gasteiger partial charge >= 0.3 is 0 Å². The van der Waals surface area contributed by atoms with Crippen LogP contribution in [0.3, 0.4) is 0 Å². The second-order valence-electron chi connectivity index (χ2n) is 5.76. The van der Waals surface area contributed by atoms with Gasteiger partial charge in [0.2, 0.25) is 11.8 Å². The summed E-state index contributed by atoms with van der Waals surface area (Å²) < 4.78 is 10.6. The maximum atomic E-state index is 12.4. The van der Waals surface area contributed by atoms with E-state index in [0.717, 1.165) is 6.42 Å². The first kappa shape index (κ1) is 17.1. The number of hydrogen-bond acceptors (Lipinski definition) is 4. The molecule has 1 N–H and O–H groups in total. The first-order valence-electron chi connectivity index (χ1n) is 7.82. The third kappa shape index (κ3) is 3.75. The zero-order chi connectivity index (χ0) is 17.0. The van der Waals surface area contributed by atoms with Crippen LogP contribution >= 0.6 is 0 Å². The molecule has 0 aromatic heterocycles. The number of carbonyl (C=O) groups excluding carboxylic acids is 2. The van der Waals surface area contributed by atoms with Gasteiger partial charge in [0.05, 0.1) is 25.8 Å². The molecular formula is C17H24N2O4. The van der Waals surface area contributed by atoms with Crippen LogP contribution < -0.4 is 19.7 Å². The third-order valence-corrected chi connectivity index (χ3v) is 4.17. The van der Waals surface area contributed by atoms with Crippen LogP contribution in [0.1, 0.15) is 26.7 Å². The average molecular weight is 320 g/mol. The van der Waals surface area contributed by atoms with Gasteiger partial charge in [-0.1, -0.05) is 6.92 Å². The molecule has 0 saturated carbocycles. The normalized spacial score (nSPS) is 18.7. The van der Waals surface area contributed by atoms with E-state index in [2.05, 4.69) is 5.32 Å². The molecule has 1 heterocycles. The van der Waals surface area contributed by atoms with Gasteiger partial charge in [-0.3, -0.25) is 9.59 Å². The van der Waals surface area contributed by atoms with Crippen molar-refractivity contribution in [3.8, 4) is 11.5 Å². The monoisotopic (exact) mass is 320 g/mol. The van der Waals surface area contributed by atoms with E-state index in [-0.39, 0.29) is 30.2 Å². The van der Waals surface area contributed by atoms with Crippen LogP contribution in [-0.4, -0.2) is 38.6 Å². The first-order valence-corrected chi connectivity index (χ1v) is 7.82. The highest BCUT2D eigenvalue weighted by Gasteiger charge is 2.36. The molecule has 0 bridgehead atoms. The van der Waals surface area contributed by atoms with Crippen LogP contribution in [-0.2, 0) is 9.59 Å². The van der Waals surface area contributed by atoms with Gasteiger partial charge in [0.25, 0.3) is 0 Å². The van der Waals surface area contributed by atoms with E-state index in [1.165, 1.54) is 0 Å². The lowest BCUT2D eigenvalue weighted by molar-refractivity contribution is -0.126. The van der Waals surface area contributed by atoms with Crippen molar-refractivity contribution in [2.75, 3.05) is 25.7 Å². The number of nitrogens with zero attached hydrogens (tertiary/aromatic N) is 1. The molecule has 2 rings (SSSR count). The molecule has 6 nitrogen and oxygen atoms in total. The predicted molar refractivity (Wildman–Crippen MR) is 87.9 cm³/mol. The molecular weight excluding hydrogens is 296 g/mol. The largest absolute Gasteiger partial charge is 0.497 e. The van der Waals surface area contributed by atoms with E-state index in [0.29, 0.717) is 23.7 Å². The number of carbonyl (C=O) groups is 2. The van der Waals surface area contributed by atoms with Crippen molar-refractivity contribution in [2.45, 2.75) is 32.7 Å². The molecule has 0 radical (unpaired) electrons. The second kappa shape index (κ2) is 7.35. The van der Waals surface area contributed by atoms with Crippen LogP contribution in [0, 0.1) is 5.92 Å². The molecule has 1 aromatic carbocycles. The van der Waals surface area contributed by atoms with Crippen molar-refractivity contribution in [3.63, 3.8) is 0 Å². The van der Waals surface area contributed by atoms with Gasteiger partial charge in [0, 0.05) is 25.1 Å². The SMILES string of the molecule is CCC(C)NC(=O)C1CC(=O)N(c2cc(OC)ccc2OC)C1. The Kier molecular flexibility index (Phi) is 5.47. The van der Waals surface area contributed by atoms with Gasteiger partial charge in [0.15, 0.2) is 0 Å². The van der Waals surface area contributed by atoms with E-state index >= 15 is 0 Å². The lowest BCUT2D eigenvalue weighted by atomic mass is 10.1. The molecule has 2 unspecified atom stereocenters. The third-order valence-electron chi connectivity index (χ3n) is 4.17. The summed E-state index contributed by atoms with van der Waals surface area (Å²) in [4.78, 5) is 26.2. The predicted octanol–water partition coefficient (Wildman–Crippen LogP) is 1.97. The van der Waals surface area contributed by atoms with Crippen molar-refractivity contribution >= 4 is 17.5 Å². The van der Waals surface area contributed by atoms with E-state index in [1.54, 1.807) is 37.3 Å². The molecule has 1 fully saturated rings. The Bertz CT molecular complexity index is 588. The summed E-state index contributed by atoms with van der Waals surface area (Å²) in [6, 6.07) is 5.40. The minimum atomic E-state index is -0.340. The fraction of sp³-hybridized carbons (Fsp3) is 0.529. The van der Waals surface area contributed by atoms with Crippen molar-refractivity contribution in [3.05, 3.63) is 18.2 Å². The van der Waals surface area contributed by atoms with Crippen molar-refractivity contribution in [2.24, 2.45) is 5.92 Å². The summed E-state index contributed by atoms with van der Waals surface area (Å²) in [5.74, 6) is 0.730. The Hall–Kier alpha value is -2.24. The molecule has 2 amide bonds. The number of methoxy groups -OCH3 is 2. The van der Waals surface area contributed by atoms with Crippen molar-refractivity contribution in [1.29, 1.82) is 0 Å². The summed E-state index contributed by atoms with van der Waals surface area (Å²) in [6.07, 6.45) is 1.07. The number of ether oxygens (including phenoxy) is 2. The Morgan fingerprint density at radius 3 is 2.74 bits per heavy atom. The number of anilines is 1. The number of amides is 2. The van der Waals surface area contributed by atoms with Gasteiger partial charge in [-0.2, -0.15) is 0 Å². The lowest BCUT2D eigenvalue weighted by Gasteiger charge is -2.20. The van der Waals surface area contributed by atoms with Gasteiger partial charge < -0.3 is 19.7 Å². The summed E-state index contributed by atoms with van der Waals surface area (Å²) in [5.41, 5.74) is 0.635. The minimum Gasteiger partial charge on any atom is -0.497 e. The lowest BCUT2D eigenvalue weighted by Crippen LogP contribution is -2.38. The quantitative estimate of drug-likeness (QED) is 0.870. The van der Waals surface area contributed by atoms with Gasteiger partial charge in [0.1, 0.15) is 11.5 Å². The molecule has 1 aliphatic rings. The van der Waals surface area contributed by atoms with Crippen LogP contribution in [0.4, 0.5) is 5.69 Å². The number of nitrogens with one attached hydrogen (secondary N) is 1. The molecule has 1 aromatic rings. The maximum Gasteiger partial charge on any atom is 0.227 e. The van der Waals surface area contributed by atoms with E-state index in [9.17, 15) is 9.59 Å². The summed E-state index contributed by atoms with van der Waals surface area (Å²) in [7, 11) is 3.12. The van der Waals surface area contributed by atoms with Crippen molar-refractivity contribution < 1.29 is 19.1 Å². The second-order valence-corrected chi connectivity index (χ2v) is 5.76. The van der Waals surface area contributed by atoms with Gasteiger partial charge in [-0.05, 0) is 25.5 Å². The molecule has 1 saturated heterocycles. The maximum absolute atomic E-state index is 12.4. The number of hydrogen-bond donors (Lipinski definition) is 1. The Morgan fingerprint density at radius 1 is 1.39 bits per heavy atom.